The van der Waals surface area contributed by atoms with E-state index < -0.39 is 9.84 Å². The molecule has 1 aromatic carbocycles. The van der Waals surface area contributed by atoms with E-state index in [1.54, 1.807) is 12.1 Å². The zero-order valence-electron chi connectivity index (χ0n) is 14.8. The number of sulfone groups is 1. The smallest absolute Gasteiger partial charge is 0.191 e. The summed E-state index contributed by atoms with van der Waals surface area (Å²) in [6.07, 6.45) is 6.05. The van der Waals surface area contributed by atoms with Crippen LogP contribution in [0.2, 0.25) is 0 Å². The van der Waals surface area contributed by atoms with Crippen molar-refractivity contribution in [2.75, 3.05) is 25.9 Å². The Bertz CT molecular complexity index is 766. The first kappa shape index (κ1) is 19.1. The van der Waals surface area contributed by atoms with Crippen molar-refractivity contribution >= 4 is 15.8 Å². The van der Waals surface area contributed by atoms with E-state index in [-0.39, 0.29) is 0 Å². The summed E-state index contributed by atoms with van der Waals surface area (Å²) >= 11 is 0. The molecular formula is C18H26N4O2S. The summed E-state index contributed by atoms with van der Waals surface area (Å²) in [7, 11) is -3.14. The molecule has 0 aliphatic heterocycles. The summed E-state index contributed by atoms with van der Waals surface area (Å²) in [6.45, 7) is 5.15. The fourth-order valence-corrected chi connectivity index (χ4v) is 2.99. The van der Waals surface area contributed by atoms with Crippen molar-refractivity contribution in [1.29, 1.82) is 0 Å². The molecule has 0 amide bonds. The van der Waals surface area contributed by atoms with Crippen molar-refractivity contribution in [2.45, 2.75) is 24.8 Å². The van der Waals surface area contributed by atoms with Crippen LogP contribution in [0.1, 0.15) is 12.5 Å². The maximum Gasteiger partial charge on any atom is 0.191 e. The molecule has 0 bridgehead atoms. The van der Waals surface area contributed by atoms with E-state index in [1.165, 1.54) is 6.26 Å². The topological polar surface area (TPSA) is 75.5 Å². The Kier molecular flexibility index (Phi) is 7.06. The Morgan fingerprint density at radius 3 is 2.40 bits per heavy atom. The number of guanidine groups is 1. The molecule has 0 saturated heterocycles. The van der Waals surface area contributed by atoms with Crippen molar-refractivity contribution in [1.82, 2.24) is 15.2 Å². The summed E-state index contributed by atoms with van der Waals surface area (Å²) < 4.78 is 25.0. The molecule has 7 heteroatoms. The van der Waals surface area contributed by atoms with Gasteiger partial charge in [-0.25, -0.2) is 8.42 Å². The minimum atomic E-state index is -3.14. The van der Waals surface area contributed by atoms with Crippen LogP contribution in [0.4, 0.5) is 0 Å². The molecule has 25 heavy (non-hydrogen) atoms. The van der Waals surface area contributed by atoms with E-state index in [9.17, 15) is 8.42 Å². The van der Waals surface area contributed by atoms with Crippen molar-refractivity contribution in [3.8, 4) is 0 Å². The largest absolute Gasteiger partial charge is 0.357 e. The standard InChI is InChI=1S/C18H26N4O2S/c1-3-19-18(21-12-15-22-13-4-5-14-22)20-11-10-16-6-8-17(9-7-16)25(2,23)24/h4-9,13-14H,3,10-12,15H2,1-2H3,(H2,19,20,21). The van der Waals surface area contributed by atoms with E-state index >= 15 is 0 Å². The molecule has 0 aliphatic rings. The predicted octanol–water partition coefficient (Wildman–Crippen LogP) is 1.69. The van der Waals surface area contributed by atoms with Gasteiger partial charge in [0.2, 0.25) is 0 Å². The van der Waals surface area contributed by atoms with Crippen molar-refractivity contribution in [3.63, 3.8) is 0 Å². The van der Waals surface area contributed by atoms with Gasteiger partial charge in [-0.05, 0) is 43.2 Å². The summed E-state index contributed by atoms with van der Waals surface area (Å²) in [5, 5.41) is 6.54. The average Bonchev–Trinajstić information content (AvgIpc) is 3.08. The van der Waals surface area contributed by atoms with Gasteiger partial charge in [-0.3, -0.25) is 4.99 Å². The maximum atomic E-state index is 11.5. The van der Waals surface area contributed by atoms with E-state index in [2.05, 4.69) is 20.2 Å². The Balaban J connectivity index is 1.83. The second kappa shape index (κ2) is 9.27. The van der Waals surface area contributed by atoms with E-state index in [1.807, 2.05) is 43.6 Å². The second-order valence-electron chi connectivity index (χ2n) is 5.77. The number of aromatic nitrogens is 1. The molecule has 2 N–H and O–H groups in total. The SMILES string of the molecule is CCNC(=NCCc1ccc(S(C)(=O)=O)cc1)NCCn1cccc1. The Labute approximate surface area is 149 Å². The lowest BCUT2D eigenvalue weighted by Crippen LogP contribution is -2.39. The van der Waals surface area contributed by atoms with Crippen LogP contribution in [0.15, 0.2) is 58.7 Å². The number of nitrogens with one attached hydrogen (secondary N) is 2. The first-order chi connectivity index (χ1) is 12.0. The molecule has 0 spiro atoms. The molecule has 2 aromatic rings. The summed E-state index contributed by atoms with van der Waals surface area (Å²) in [4.78, 5) is 4.91. The van der Waals surface area contributed by atoms with Gasteiger partial charge in [0.1, 0.15) is 0 Å². The highest BCUT2D eigenvalue weighted by Gasteiger charge is 2.06. The fraction of sp³-hybridized carbons (Fsp3) is 0.389. The molecule has 1 heterocycles. The summed E-state index contributed by atoms with van der Waals surface area (Å²) in [5.74, 6) is 0.794. The van der Waals surface area contributed by atoms with Crippen molar-refractivity contribution in [2.24, 2.45) is 4.99 Å². The van der Waals surface area contributed by atoms with E-state index in [4.69, 9.17) is 0 Å². The second-order valence-corrected chi connectivity index (χ2v) is 7.79. The predicted molar refractivity (Wildman–Crippen MR) is 102 cm³/mol. The van der Waals surface area contributed by atoms with Gasteiger partial charge in [0, 0.05) is 44.8 Å². The molecule has 2 rings (SSSR count). The molecule has 136 valence electrons. The molecule has 0 saturated carbocycles. The van der Waals surface area contributed by atoms with Crippen LogP contribution in [0, 0.1) is 0 Å². The average molecular weight is 362 g/mol. The highest BCUT2D eigenvalue weighted by atomic mass is 32.2. The molecule has 0 unspecified atom stereocenters. The zero-order valence-corrected chi connectivity index (χ0v) is 15.6. The number of rotatable bonds is 8. The summed E-state index contributed by atoms with van der Waals surface area (Å²) in [5.41, 5.74) is 1.07. The van der Waals surface area contributed by atoms with E-state index in [0.717, 1.165) is 37.6 Å². The monoisotopic (exact) mass is 362 g/mol. The normalized spacial score (nSPS) is 12.2. The summed E-state index contributed by atoms with van der Waals surface area (Å²) in [6, 6.07) is 11.0. The molecule has 6 nitrogen and oxygen atoms in total. The van der Waals surface area contributed by atoms with Gasteiger partial charge in [-0.15, -0.1) is 0 Å². The fourth-order valence-electron chi connectivity index (χ4n) is 2.36. The molecule has 0 radical (unpaired) electrons. The van der Waals surface area contributed by atoms with Crippen LogP contribution in [0.3, 0.4) is 0 Å². The molecule has 0 aliphatic carbocycles. The third-order valence-electron chi connectivity index (χ3n) is 3.69. The van der Waals surface area contributed by atoms with E-state index in [0.29, 0.717) is 11.4 Å². The van der Waals surface area contributed by atoms with Gasteiger partial charge in [0.15, 0.2) is 15.8 Å². The minimum absolute atomic E-state index is 0.347. The quantitative estimate of drug-likeness (QED) is 0.553. The van der Waals surface area contributed by atoms with Crippen molar-refractivity contribution in [3.05, 3.63) is 54.4 Å². The third kappa shape index (κ3) is 6.62. The lowest BCUT2D eigenvalue weighted by Gasteiger charge is -2.11. The van der Waals surface area contributed by atoms with Gasteiger partial charge in [0.25, 0.3) is 0 Å². The first-order valence-corrected chi connectivity index (χ1v) is 10.3. The highest BCUT2D eigenvalue weighted by molar-refractivity contribution is 7.90. The van der Waals surface area contributed by atoms with Gasteiger partial charge in [0.05, 0.1) is 4.90 Å². The van der Waals surface area contributed by atoms with Crippen LogP contribution in [0.25, 0.3) is 0 Å². The highest BCUT2D eigenvalue weighted by Crippen LogP contribution is 2.10. The molecule has 1 aromatic heterocycles. The number of aliphatic imine (C=N–C) groups is 1. The lowest BCUT2D eigenvalue weighted by molar-refractivity contribution is 0.602. The number of hydrogen-bond acceptors (Lipinski definition) is 3. The van der Waals surface area contributed by atoms with Gasteiger partial charge >= 0.3 is 0 Å². The molecule has 0 atom stereocenters. The van der Waals surface area contributed by atoms with Gasteiger partial charge in [-0.1, -0.05) is 12.1 Å². The van der Waals surface area contributed by atoms with Gasteiger partial charge in [-0.2, -0.15) is 0 Å². The molecule has 0 fully saturated rings. The Morgan fingerprint density at radius 1 is 1.12 bits per heavy atom. The van der Waals surface area contributed by atoms with Crippen LogP contribution >= 0.6 is 0 Å². The minimum Gasteiger partial charge on any atom is -0.357 e. The third-order valence-corrected chi connectivity index (χ3v) is 4.82. The van der Waals surface area contributed by atoms with Crippen LogP contribution < -0.4 is 10.6 Å². The number of hydrogen-bond donors (Lipinski definition) is 2. The van der Waals surface area contributed by atoms with Crippen LogP contribution in [-0.4, -0.2) is 44.8 Å². The van der Waals surface area contributed by atoms with Crippen LogP contribution in [-0.2, 0) is 22.8 Å². The maximum absolute atomic E-state index is 11.5. The number of nitrogens with zero attached hydrogens (tertiary/aromatic N) is 2. The van der Waals surface area contributed by atoms with Gasteiger partial charge < -0.3 is 15.2 Å². The Morgan fingerprint density at radius 2 is 1.80 bits per heavy atom. The zero-order chi connectivity index (χ0) is 18.1. The van der Waals surface area contributed by atoms with Crippen molar-refractivity contribution < 1.29 is 8.42 Å². The van der Waals surface area contributed by atoms with Crippen LogP contribution in [0.5, 0.6) is 0 Å². The lowest BCUT2D eigenvalue weighted by atomic mass is 10.1. The molecular weight excluding hydrogens is 336 g/mol. The Hall–Kier alpha value is -2.28. The first-order valence-electron chi connectivity index (χ1n) is 8.41. The number of benzene rings is 1.